The molecule has 1 fully saturated rings. The lowest BCUT2D eigenvalue weighted by molar-refractivity contribution is -0.122. The number of hydrogen-bond acceptors (Lipinski definition) is 5. The molecule has 8 heteroatoms. The quantitative estimate of drug-likeness (QED) is 0.461. The number of methoxy groups -OCH3 is 1. The van der Waals surface area contributed by atoms with Gasteiger partial charge in [-0.3, -0.25) is 19.8 Å². The van der Waals surface area contributed by atoms with Crippen LogP contribution in [0.1, 0.15) is 19.4 Å². The smallest absolute Gasteiger partial charge is 0.270 e. The Labute approximate surface area is 172 Å². The molecule has 3 rings (SSSR count). The number of carbonyl (C=O) groups excluding carboxylic acids is 2. The number of benzene rings is 2. The molecular formula is C21H19FN2O4S. The molecule has 0 unspecified atom stereocenters. The first-order valence-corrected chi connectivity index (χ1v) is 9.23. The van der Waals surface area contributed by atoms with Crippen LogP contribution in [-0.2, 0) is 9.59 Å². The van der Waals surface area contributed by atoms with E-state index in [2.05, 4.69) is 5.32 Å². The van der Waals surface area contributed by atoms with Crippen LogP contribution in [0, 0.1) is 5.82 Å². The summed E-state index contributed by atoms with van der Waals surface area (Å²) in [5.41, 5.74) is 0.713. The minimum Gasteiger partial charge on any atom is -0.493 e. The van der Waals surface area contributed by atoms with Gasteiger partial charge in [0, 0.05) is 5.56 Å². The second-order valence-electron chi connectivity index (χ2n) is 6.48. The van der Waals surface area contributed by atoms with Gasteiger partial charge in [0.15, 0.2) is 16.6 Å². The minimum atomic E-state index is -0.628. The molecule has 1 N–H and O–H groups in total. The van der Waals surface area contributed by atoms with E-state index in [1.807, 2.05) is 13.8 Å². The molecule has 150 valence electrons. The summed E-state index contributed by atoms with van der Waals surface area (Å²) < 4.78 is 24.4. The highest BCUT2D eigenvalue weighted by atomic mass is 32.1. The highest BCUT2D eigenvalue weighted by Crippen LogP contribution is 2.34. The summed E-state index contributed by atoms with van der Waals surface area (Å²) in [6.45, 7) is 3.72. The number of anilines is 1. The summed E-state index contributed by atoms with van der Waals surface area (Å²) in [6, 6.07) is 10.4. The molecule has 6 nitrogen and oxygen atoms in total. The van der Waals surface area contributed by atoms with Gasteiger partial charge < -0.3 is 9.47 Å². The lowest BCUT2D eigenvalue weighted by Gasteiger charge is -2.29. The van der Waals surface area contributed by atoms with Crippen molar-refractivity contribution in [1.82, 2.24) is 5.32 Å². The maximum absolute atomic E-state index is 13.3. The predicted octanol–water partition coefficient (Wildman–Crippen LogP) is 3.45. The molecule has 1 aliphatic rings. The van der Waals surface area contributed by atoms with E-state index in [-0.39, 0.29) is 16.8 Å². The van der Waals surface area contributed by atoms with Crippen LogP contribution in [-0.4, -0.2) is 30.1 Å². The van der Waals surface area contributed by atoms with Gasteiger partial charge >= 0.3 is 0 Å². The first kappa shape index (κ1) is 20.5. The fraction of sp³-hybridized carbons (Fsp3) is 0.190. The Morgan fingerprint density at radius 3 is 2.45 bits per heavy atom. The minimum absolute atomic E-state index is 0.0759. The number of rotatable bonds is 5. The number of nitrogens with zero attached hydrogens (tertiary/aromatic N) is 1. The molecule has 0 atom stereocenters. The highest BCUT2D eigenvalue weighted by Gasteiger charge is 2.34. The maximum atomic E-state index is 13.3. The van der Waals surface area contributed by atoms with Gasteiger partial charge in [0.25, 0.3) is 11.8 Å². The zero-order valence-corrected chi connectivity index (χ0v) is 16.9. The fourth-order valence-corrected chi connectivity index (χ4v) is 3.09. The van der Waals surface area contributed by atoms with Crippen molar-refractivity contribution in [2.75, 3.05) is 12.0 Å². The average molecular weight is 414 g/mol. The van der Waals surface area contributed by atoms with E-state index in [1.54, 1.807) is 18.2 Å². The Morgan fingerprint density at radius 2 is 1.83 bits per heavy atom. The lowest BCUT2D eigenvalue weighted by Crippen LogP contribution is -2.54. The fourth-order valence-electron chi connectivity index (χ4n) is 2.81. The maximum Gasteiger partial charge on any atom is 0.270 e. The molecule has 29 heavy (non-hydrogen) atoms. The molecule has 1 aliphatic heterocycles. The summed E-state index contributed by atoms with van der Waals surface area (Å²) in [4.78, 5) is 26.7. The van der Waals surface area contributed by atoms with E-state index in [0.29, 0.717) is 22.7 Å². The van der Waals surface area contributed by atoms with Crippen LogP contribution >= 0.6 is 12.2 Å². The van der Waals surface area contributed by atoms with Crippen LogP contribution < -0.4 is 19.7 Å². The highest BCUT2D eigenvalue weighted by molar-refractivity contribution is 7.80. The van der Waals surface area contributed by atoms with Gasteiger partial charge in [0.05, 0.1) is 18.9 Å². The number of halogens is 1. The largest absolute Gasteiger partial charge is 0.493 e. The van der Waals surface area contributed by atoms with Crippen LogP contribution in [0.4, 0.5) is 10.1 Å². The summed E-state index contributed by atoms with van der Waals surface area (Å²) in [6.07, 6.45) is 1.28. The predicted molar refractivity (Wildman–Crippen MR) is 111 cm³/mol. The van der Waals surface area contributed by atoms with Crippen molar-refractivity contribution in [1.29, 1.82) is 0 Å². The van der Waals surface area contributed by atoms with Gasteiger partial charge in [-0.2, -0.15) is 0 Å². The SMILES string of the molecule is COc1cccc(C=C2C(=O)NC(=S)N(c3ccc(F)cc3)C2=O)c1OC(C)C. The van der Waals surface area contributed by atoms with Crippen LogP contribution in [0.3, 0.4) is 0 Å². The normalized spacial score (nSPS) is 15.7. The summed E-state index contributed by atoms with van der Waals surface area (Å²) in [5.74, 6) is -0.807. The Morgan fingerprint density at radius 1 is 1.14 bits per heavy atom. The second-order valence-corrected chi connectivity index (χ2v) is 6.87. The molecule has 1 heterocycles. The first-order chi connectivity index (χ1) is 13.8. The molecule has 0 aromatic heterocycles. The van der Waals surface area contributed by atoms with E-state index >= 15 is 0 Å². The molecule has 2 amide bonds. The summed E-state index contributed by atoms with van der Waals surface area (Å²) >= 11 is 5.14. The molecule has 0 radical (unpaired) electrons. The first-order valence-electron chi connectivity index (χ1n) is 8.82. The van der Waals surface area contributed by atoms with Crippen LogP contribution in [0.15, 0.2) is 48.0 Å². The Hall–Kier alpha value is -3.26. The van der Waals surface area contributed by atoms with Crippen molar-refractivity contribution in [3.05, 3.63) is 59.4 Å². The third-order valence-electron chi connectivity index (χ3n) is 4.07. The number of carbonyl (C=O) groups is 2. The molecule has 0 saturated carbocycles. The topological polar surface area (TPSA) is 67.9 Å². The van der Waals surface area contributed by atoms with E-state index < -0.39 is 17.6 Å². The van der Waals surface area contributed by atoms with Gasteiger partial charge in [-0.05, 0) is 62.5 Å². The van der Waals surface area contributed by atoms with Crippen LogP contribution in [0.2, 0.25) is 0 Å². The van der Waals surface area contributed by atoms with E-state index in [1.165, 1.54) is 37.5 Å². The molecule has 2 aromatic carbocycles. The average Bonchev–Trinajstić information content (AvgIpc) is 2.67. The van der Waals surface area contributed by atoms with Gasteiger partial charge in [-0.1, -0.05) is 12.1 Å². The van der Waals surface area contributed by atoms with Crippen molar-refractivity contribution >= 4 is 40.9 Å². The van der Waals surface area contributed by atoms with Crippen molar-refractivity contribution in [2.24, 2.45) is 0 Å². The van der Waals surface area contributed by atoms with E-state index in [9.17, 15) is 14.0 Å². The molecular weight excluding hydrogens is 395 g/mol. The van der Waals surface area contributed by atoms with Gasteiger partial charge in [-0.15, -0.1) is 0 Å². The number of hydrogen-bond donors (Lipinski definition) is 1. The van der Waals surface area contributed by atoms with Crippen molar-refractivity contribution in [3.63, 3.8) is 0 Å². The number of nitrogens with one attached hydrogen (secondary N) is 1. The van der Waals surface area contributed by atoms with Gasteiger partial charge in [0.1, 0.15) is 11.4 Å². The van der Waals surface area contributed by atoms with Crippen molar-refractivity contribution < 1.29 is 23.5 Å². The molecule has 1 saturated heterocycles. The van der Waals surface area contributed by atoms with Crippen molar-refractivity contribution in [3.8, 4) is 11.5 Å². The molecule has 0 bridgehead atoms. The van der Waals surface area contributed by atoms with Crippen molar-refractivity contribution in [2.45, 2.75) is 20.0 Å². The zero-order chi connectivity index (χ0) is 21.1. The van der Waals surface area contributed by atoms with Gasteiger partial charge in [-0.25, -0.2) is 4.39 Å². The molecule has 0 aliphatic carbocycles. The standard InChI is InChI=1S/C21H19FN2O4S/c1-12(2)28-18-13(5-4-6-17(18)27-3)11-16-19(25)23-21(29)24(20(16)26)15-9-7-14(22)8-10-15/h4-12H,1-3H3,(H,23,25,29). The monoisotopic (exact) mass is 414 g/mol. The summed E-state index contributed by atoms with van der Waals surface area (Å²) in [7, 11) is 1.51. The van der Waals surface area contributed by atoms with E-state index in [0.717, 1.165) is 4.90 Å². The van der Waals surface area contributed by atoms with Gasteiger partial charge in [0.2, 0.25) is 0 Å². The molecule has 2 aromatic rings. The second kappa shape index (κ2) is 8.40. The van der Waals surface area contributed by atoms with Crippen LogP contribution in [0.5, 0.6) is 11.5 Å². The number of ether oxygens (including phenoxy) is 2. The third-order valence-corrected chi connectivity index (χ3v) is 4.35. The Balaban J connectivity index is 2.06. The number of thiocarbonyl (C=S) groups is 1. The summed E-state index contributed by atoms with van der Waals surface area (Å²) in [5, 5.41) is 2.42. The Bertz CT molecular complexity index is 1000. The molecule has 0 spiro atoms. The number of para-hydroxylation sites is 1. The van der Waals surface area contributed by atoms with E-state index in [4.69, 9.17) is 21.7 Å². The third kappa shape index (κ3) is 4.27. The Kier molecular flexibility index (Phi) is 5.93. The number of amides is 2. The van der Waals surface area contributed by atoms with Crippen LogP contribution in [0.25, 0.3) is 6.08 Å². The zero-order valence-electron chi connectivity index (χ0n) is 16.1. The lowest BCUT2D eigenvalue weighted by atomic mass is 10.1.